The number of amides is 1. The fourth-order valence-corrected chi connectivity index (χ4v) is 3.08. The maximum absolute atomic E-state index is 13.1. The Kier molecular flexibility index (Phi) is 3.97. The van der Waals surface area contributed by atoms with E-state index in [1.165, 1.54) is 18.2 Å². The van der Waals surface area contributed by atoms with E-state index >= 15 is 0 Å². The van der Waals surface area contributed by atoms with Crippen LogP contribution in [0.2, 0.25) is 0 Å². The monoisotopic (exact) mass is 329 g/mol. The molecule has 1 N–H and O–H groups in total. The largest absolute Gasteiger partial charge is 0.388 e. The van der Waals surface area contributed by atoms with Crippen LogP contribution in [0.5, 0.6) is 0 Å². The Balaban J connectivity index is 2.28. The molecule has 1 atom stereocenters. The highest BCUT2D eigenvalue weighted by molar-refractivity contribution is 9.10. The molecule has 0 aliphatic carbocycles. The predicted octanol–water partition coefficient (Wildman–Crippen LogP) is 2.96. The standard InChI is InChI=1S/C14H17BrFNO2/c1-14(2,19)12-4-3-7-17(12)13(18)10-6-5-9(16)8-11(10)15/h5-6,8,12,19H,3-4,7H2,1-2H3. The Morgan fingerprint density at radius 1 is 1.53 bits per heavy atom. The van der Waals surface area contributed by atoms with Crippen molar-refractivity contribution in [2.75, 3.05) is 6.54 Å². The smallest absolute Gasteiger partial charge is 0.255 e. The molecule has 1 heterocycles. The van der Waals surface area contributed by atoms with Gasteiger partial charge in [0.2, 0.25) is 0 Å². The van der Waals surface area contributed by atoms with Crippen LogP contribution < -0.4 is 0 Å². The van der Waals surface area contributed by atoms with E-state index in [0.717, 1.165) is 12.8 Å². The molecular weight excluding hydrogens is 313 g/mol. The molecule has 104 valence electrons. The quantitative estimate of drug-likeness (QED) is 0.906. The SMILES string of the molecule is CC(C)(O)C1CCCN1C(=O)c1ccc(F)cc1Br. The molecule has 0 radical (unpaired) electrons. The Labute approximate surface area is 120 Å². The Bertz CT molecular complexity index is 499. The van der Waals surface area contributed by atoms with Crippen molar-refractivity contribution in [1.82, 2.24) is 4.90 Å². The van der Waals surface area contributed by atoms with Gasteiger partial charge in [0.1, 0.15) is 5.82 Å². The number of halogens is 2. The van der Waals surface area contributed by atoms with Crippen LogP contribution in [0.15, 0.2) is 22.7 Å². The molecule has 19 heavy (non-hydrogen) atoms. The second-order valence-corrected chi connectivity index (χ2v) is 6.29. The Morgan fingerprint density at radius 3 is 2.79 bits per heavy atom. The van der Waals surface area contributed by atoms with Crippen molar-refractivity contribution < 1.29 is 14.3 Å². The van der Waals surface area contributed by atoms with Crippen LogP contribution >= 0.6 is 15.9 Å². The minimum atomic E-state index is -0.932. The summed E-state index contributed by atoms with van der Waals surface area (Å²) in [6.45, 7) is 4.04. The lowest BCUT2D eigenvalue weighted by Crippen LogP contribution is -2.48. The summed E-state index contributed by atoms with van der Waals surface area (Å²) in [5, 5.41) is 10.1. The molecule has 1 fully saturated rings. The first-order chi connectivity index (χ1) is 8.80. The maximum Gasteiger partial charge on any atom is 0.255 e. The molecule has 0 spiro atoms. The van der Waals surface area contributed by atoms with Gasteiger partial charge in [0, 0.05) is 11.0 Å². The van der Waals surface area contributed by atoms with E-state index in [0.29, 0.717) is 16.6 Å². The molecule has 1 saturated heterocycles. The van der Waals surface area contributed by atoms with Crippen molar-refractivity contribution in [2.45, 2.75) is 38.3 Å². The summed E-state index contributed by atoms with van der Waals surface area (Å²) in [6.07, 6.45) is 1.66. The van der Waals surface area contributed by atoms with Crippen molar-refractivity contribution in [1.29, 1.82) is 0 Å². The summed E-state index contributed by atoms with van der Waals surface area (Å²) in [4.78, 5) is 14.2. The van der Waals surface area contributed by atoms with E-state index in [9.17, 15) is 14.3 Å². The van der Waals surface area contributed by atoms with Crippen LogP contribution in [-0.2, 0) is 0 Å². The number of nitrogens with zero attached hydrogens (tertiary/aromatic N) is 1. The second-order valence-electron chi connectivity index (χ2n) is 5.43. The number of hydrogen-bond donors (Lipinski definition) is 1. The van der Waals surface area contributed by atoms with Crippen LogP contribution in [0, 0.1) is 5.82 Å². The summed E-state index contributed by atoms with van der Waals surface area (Å²) in [5.74, 6) is -0.555. The van der Waals surface area contributed by atoms with Crippen LogP contribution in [-0.4, -0.2) is 34.1 Å². The van der Waals surface area contributed by atoms with Crippen LogP contribution in [0.25, 0.3) is 0 Å². The van der Waals surface area contributed by atoms with Gasteiger partial charge in [-0.3, -0.25) is 4.79 Å². The van der Waals surface area contributed by atoms with E-state index in [2.05, 4.69) is 15.9 Å². The lowest BCUT2D eigenvalue weighted by atomic mass is 9.96. The maximum atomic E-state index is 13.1. The number of likely N-dealkylation sites (tertiary alicyclic amines) is 1. The van der Waals surface area contributed by atoms with Gasteiger partial charge >= 0.3 is 0 Å². The van der Waals surface area contributed by atoms with Gasteiger partial charge in [0.15, 0.2) is 0 Å². The summed E-state index contributed by atoms with van der Waals surface area (Å²) >= 11 is 3.22. The van der Waals surface area contributed by atoms with Crippen LogP contribution in [0.3, 0.4) is 0 Å². The number of carbonyl (C=O) groups excluding carboxylic acids is 1. The zero-order chi connectivity index (χ0) is 14.2. The minimum absolute atomic E-state index is 0.170. The highest BCUT2D eigenvalue weighted by Gasteiger charge is 2.39. The first kappa shape index (κ1) is 14.5. The molecule has 0 saturated carbocycles. The number of aliphatic hydroxyl groups is 1. The summed E-state index contributed by atoms with van der Waals surface area (Å²) in [6, 6.07) is 3.83. The fraction of sp³-hybridized carbons (Fsp3) is 0.500. The van der Waals surface area contributed by atoms with E-state index < -0.39 is 5.60 Å². The number of benzene rings is 1. The zero-order valence-corrected chi connectivity index (χ0v) is 12.6. The first-order valence-electron chi connectivity index (χ1n) is 6.29. The van der Waals surface area contributed by atoms with Crippen molar-refractivity contribution in [2.24, 2.45) is 0 Å². The zero-order valence-electron chi connectivity index (χ0n) is 11.0. The van der Waals surface area contributed by atoms with E-state index in [1.807, 2.05) is 0 Å². The average molecular weight is 330 g/mol. The lowest BCUT2D eigenvalue weighted by molar-refractivity contribution is 0.000296. The molecule has 1 aromatic rings. The van der Waals surface area contributed by atoms with Crippen molar-refractivity contribution >= 4 is 21.8 Å². The van der Waals surface area contributed by atoms with Crippen molar-refractivity contribution in [3.63, 3.8) is 0 Å². The first-order valence-corrected chi connectivity index (χ1v) is 7.08. The van der Waals surface area contributed by atoms with Gasteiger partial charge in [-0.1, -0.05) is 0 Å². The molecule has 0 bridgehead atoms. The summed E-state index contributed by atoms with van der Waals surface area (Å²) in [7, 11) is 0. The normalized spacial score (nSPS) is 19.8. The molecule has 1 aliphatic heterocycles. The third-order valence-corrected chi connectivity index (χ3v) is 4.15. The number of rotatable bonds is 2. The van der Waals surface area contributed by atoms with E-state index in [4.69, 9.17) is 0 Å². The molecule has 1 aliphatic rings. The van der Waals surface area contributed by atoms with Crippen molar-refractivity contribution in [3.8, 4) is 0 Å². The summed E-state index contributed by atoms with van der Waals surface area (Å²) < 4.78 is 13.5. The molecule has 2 rings (SSSR count). The van der Waals surface area contributed by atoms with Crippen molar-refractivity contribution in [3.05, 3.63) is 34.1 Å². The number of hydrogen-bond acceptors (Lipinski definition) is 2. The lowest BCUT2D eigenvalue weighted by Gasteiger charge is -2.34. The highest BCUT2D eigenvalue weighted by Crippen LogP contribution is 2.30. The summed E-state index contributed by atoms with van der Waals surface area (Å²) in [5.41, 5.74) is -0.504. The van der Waals surface area contributed by atoms with E-state index in [1.54, 1.807) is 18.7 Å². The average Bonchev–Trinajstić information content (AvgIpc) is 2.76. The van der Waals surface area contributed by atoms with Gasteiger partial charge in [0.05, 0.1) is 17.2 Å². The fourth-order valence-electron chi connectivity index (χ4n) is 2.56. The molecule has 1 unspecified atom stereocenters. The van der Waals surface area contributed by atoms with Gasteiger partial charge in [-0.2, -0.15) is 0 Å². The van der Waals surface area contributed by atoms with Gasteiger partial charge in [0.25, 0.3) is 5.91 Å². The molecule has 0 aromatic heterocycles. The van der Waals surface area contributed by atoms with Crippen LogP contribution in [0.1, 0.15) is 37.0 Å². The molecule has 1 aromatic carbocycles. The van der Waals surface area contributed by atoms with Gasteiger partial charge in [-0.05, 0) is 60.8 Å². The Morgan fingerprint density at radius 2 is 2.21 bits per heavy atom. The minimum Gasteiger partial charge on any atom is -0.388 e. The third-order valence-electron chi connectivity index (χ3n) is 3.49. The molecule has 3 nitrogen and oxygen atoms in total. The Hall–Kier alpha value is -0.940. The van der Waals surface area contributed by atoms with Gasteiger partial charge in [-0.25, -0.2) is 4.39 Å². The van der Waals surface area contributed by atoms with Crippen LogP contribution in [0.4, 0.5) is 4.39 Å². The number of carbonyl (C=O) groups is 1. The second kappa shape index (κ2) is 5.21. The molecular formula is C14H17BrFNO2. The highest BCUT2D eigenvalue weighted by atomic mass is 79.9. The molecule has 5 heteroatoms. The van der Waals surface area contributed by atoms with Gasteiger partial charge < -0.3 is 10.0 Å². The topological polar surface area (TPSA) is 40.5 Å². The van der Waals surface area contributed by atoms with E-state index in [-0.39, 0.29) is 17.8 Å². The predicted molar refractivity (Wildman–Crippen MR) is 74.5 cm³/mol. The molecule has 1 amide bonds. The van der Waals surface area contributed by atoms with Gasteiger partial charge in [-0.15, -0.1) is 0 Å². The third kappa shape index (κ3) is 2.98.